The number of rotatable bonds is 1. The number of aryl methyl sites for hydroxylation is 1. The van der Waals surface area contributed by atoms with Gasteiger partial charge in [-0.15, -0.1) is 5.10 Å². The number of nitrogens with zero attached hydrogens (tertiary/aromatic N) is 4. The van der Waals surface area contributed by atoms with E-state index in [9.17, 15) is 0 Å². The maximum atomic E-state index is 4.10. The SMILES string of the molecule is CC1=NN=C(c2snnc2C)[NH+]1C. The maximum absolute atomic E-state index is 4.10. The van der Waals surface area contributed by atoms with Gasteiger partial charge >= 0.3 is 0 Å². The van der Waals surface area contributed by atoms with Gasteiger partial charge in [0.1, 0.15) is 0 Å². The van der Waals surface area contributed by atoms with Gasteiger partial charge in [-0.25, -0.2) is 4.90 Å². The molecule has 0 fully saturated rings. The van der Waals surface area contributed by atoms with Gasteiger partial charge in [0.05, 0.1) is 12.7 Å². The zero-order chi connectivity index (χ0) is 9.42. The van der Waals surface area contributed by atoms with Gasteiger partial charge in [-0.1, -0.05) is 14.7 Å². The number of quaternary nitrogens is 1. The van der Waals surface area contributed by atoms with Crippen LogP contribution in [0.5, 0.6) is 0 Å². The first-order chi connectivity index (χ1) is 6.20. The van der Waals surface area contributed by atoms with Crippen LogP contribution in [-0.2, 0) is 0 Å². The average Bonchev–Trinajstić information content (AvgIpc) is 2.62. The fourth-order valence-corrected chi connectivity index (χ4v) is 1.81. The van der Waals surface area contributed by atoms with E-state index in [1.165, 1.54) is 11.5 Å². The van der Waals surface area contributed by atoms with Crippen molar-refractivity contribution in [2.75, 3.05) is 7.05 Å². The summed E-state index contributed by atoms with van der Waals surface area (Å²) in [5.41, 5.74) is 0.924. The molecule has 13 heavy (non-hydrogen) atoms. The quantitative estimate of drug-likeness (QED) is 0.655. The molecule has 2 heterocycles. The number of hydrogen-bond acceptors (Lipinski definition) is 5. The minimum absolute atomic E-state index is 0.921. The molecule has 0 saturated carbocycles. The van der Waals surface area contributed by atoms with Crippen LogP contribution < -0.4 is 4.90 Å². The van der Waals surface area contributed by atoms with Crippen LogP contribution in [0, 0.1) is 6.92 Å². The van der Waals surface area contributed by atoms with Crippen molar-refractivity contribution in [2.24, 2.45) is 10.2 Å². The summed E-state index contributed by atoms with van der Waals surface area (Å²) in [6.45, 7) is 3.89. The summed E-state index contributed by atoms with van der Waals surface area (Å²) >= 11 is 1.37. The Hall–Kier alpha value is -1.14. The largest absolute Gasteiger partial charge is 0.272 e. The molecular weight excluding hydrogens is 186 g/mol. The Bertz CT molecular complexity index is 391. The van der Waals surface area contributed by atoms with E-state index in [4.69, 9.17) is 0 Å². The molecule has 0 bridgehead atoms. The molecule has 0 radical (unpaired) electrons. The van der Waals surface area contributed by atoms with E-state index in [1.807, 2.05) is 20.9 Å². The molecule has 2 rings (SSSR count). The van der Waals surface area contributed by atoms with Crippen LogP contribution in [0.1, 0.15) is 17.5 Å². The molecular formula is C7H10N5S+. The molecule has 68 valence electrons. The minimum Gasteiger partial charge on any atom is -0.240 e. The van der Waals surface area contributed by atoms with Crippen molar-refractivity contribution >= 4 is 23.2 Å². The second-order valence-corrected chi connectivity index (χ2v) is 3.70. The number of aromatic nitrogens is 2. The number of hydrogen-bond donors (Lipinski definition) is 1. The fourth-order valence-electron chi connectivity index (χ4n) is 1.11. The topological polar surface area (TPSA) is 54.9 Å². The van der Waals surface area contributed by atoms with Crippen molar-refractivity contribution in [1.82, 2.24) is 9.59 Å². The van der Waals surface area contributed by atoms with Crippen LogP contribution in [0.3, 0.4) is 0 Å². The van der Waals surface area contributed by atoms with Crippen molar-refractivity contribution in [2.45, 2.75) is 13.8 Å². The normalized spacial score (nSPS) is 21.6. The van der Waals surface area contributed by atoms with E-state index < -0.39 is 0 Å². The zero-order valence-corrected chi connectivity index (χ0v) is 8.51. The lowest BCUT2D eigenvalue weighted by Crippen LogP contribution is -3.12. The summed E-state index contributed by atoms with van der Waals surface area (Å²) in [6, 6.07) is 0. The second kappa shape index (κ2) is 2.97. The molecule has 1 aliphatic heterocycles. The minimum atomic E-state index is 0.921. The standard InChI is InChI=1S/C7H9N5S/c1-4-6(13-11-8-4)7-10-9-5(2)12(7)3/h1-3H3/p+1. The molecule has 1 aromatic heterocycles. The predicted octanol–water partition coefficient (Wildman–Crippen LogP) is -0.545. The number of nitrogens with one attached hydrogen (secondary N) is 1. The molecule has 5 nitrogen and oxygen atoms in total. The van der Waals surface area contributed by atoms with Crippen molar-refractivity contribution in [3.05, 3.63) is 10.6 Å². The molecule has 1 aromatic rings. The smallest absolute Gasteiger partial charge is 0.240 e. The Morgan fingerprint density at radius 3 is 2.46 bits per heavy atom. The van der Waals surface area contributed by atoms with Gasteiger partial charge < -0.3 is 0 Å². The molecule has 0 spiro atoms. The molecule has 0 saturated heterocycles. The summed E-state index contributed by atoms with van der Waals surface area (Å²) in [4.78, 5) is 2.15. The summed E-state index contributed by atoms with van der Waals surface area (Å²) in [6.07, 6.45) is 0. The average molecular weight is 196 g/mol. The lowest BCUT2D eigenvalue weighted by atomic mass is 10.3. The molecule has 0 amide bonds. The van der Waals surface area contributed by atoms with Crippen molar-refractivity contribution in [3.8, 4) is 0 Å². The Kier molecular flexibility index (Phi) is 1.93. The van der Waals surface area contributed by atoms with Gasteiger partial charge in [0.2, 0.25) is 5.84 Å². The first kappa shape index (κ1) is 8.46. The van der Waals surface area contributed by atoms with Gasteiger partial charge in [-0.3, -0.25) is 0 Å². The van der Waals surface area contributed by atoms with E-state index in [0.29, 0.717) is 0 Å². The first-order valence-electron chi connectivity index (χ1n) is 3.96. The van der Waals surface area contributed by atoms with Crippen molar-refractivity contribution in [1.29, 1.82) is 0 Å². The molecule has 1 aliphatic rings. The van der Waals surface area contributed by atoms with Crippen LogP contribution in [0.4, 0.5) is 0 Å². The Labute approximate surface area is 80.0 Å². The summed E-state index contributed by atoms with van der Waals surface area (Å²) in [7, 11) is 2.02. The first-order valence-corrected chi connectivity index (χ1v) is 4.73. The summed E-state index contributed by atoms with van der Waals surface area (Å²) < 4.78 is 3.87. The Morgan fingerprint density at radius 2 is 2.00 bits per heavy atom. The lowest BCUT2D eigenvalue weighted by Gasteiger charge is -2.04. The Morgan fingerprint density at radius 1 is 1.23 bits per heavy atom. The third kappa shape index (κ3) is 1.27. The van der Waals surface area contributed by atoms with E-state index in [0.717, 1.165) is 27.1 Å². The van der Waals surface area contributed by atoms with Gasteiger partial charge in [0.15, 0.2) is 4.88 Å². The van der Waals surface area contributed by atoms with E-state index in [2.05, 4.69) is 19.8 Å². The second-order valence-electron chi connectivity index (χ2n) is 2.95. The van der Waals surface area contributed by atoms with Crippen LogP contribution >= 0.6 is 11.5 Å². The van der Waals surface area contributed by atoms with E-state index in [-0.39, 0.29) is 0 Å². The Balaban J connectivity index is 2.37. The van der Waals surface area contributed by atoms with Gasteiger partial charge in [0.25, 0.3) is 5.84 Å². The monoisotopic (exact) mass is 196 g/mol. The summed E-state index contributed by atoms with van der Waals surface area (Å²) in [5, 5.41) is 12.1. The molecule has 0 aliphatic carbocycles. The molecule has 1 N–H and O–H groups in total. The fraction of sp³-hybridized carbons (Fsp3) is 0.429. The van der Waals surface area contributed by atoms with Crippen LogP contribution in [-0.4, -0.2) is 28.3 Å². The van der Waals surface area contributed by atoms with Gasteiger partial charge in [0, 0.05) is 6.92 Å². The summed E-state index contributed by atoms with van der Waals surface area (Å²) in [5.74, 6) is 1.90. The highest BCUT2D eigenvalue weighted by Gasteiger charge is 2.27. The van der Waals surface area contributed by atoms with Crippen molar-refractivity contribution in [3.63, 3.8) is 0 Å². The molecule has 1 unspecified atom stereocenters. The van der Waals surface area contributed by atoms with Gasteiger partial charge in [-0.05, 0) is 18.5 Å². The highest BCUT2D eigenvalue weighted by atomic mass is 32.1. The lowest BCUT2D eigenvalue weighted by molar-refractivity contribution is -0.671. The van der Waals surface area contributed by atoms with Crippen molar-refractivity contribution < 1.29 is 4.90 Å². The molecule has 0 aromatic carbocycles. The van der Waals surface area contributed by atoms with E-state index >= 15 is 0 Å². The van der Waals surface area contributed by atoms with Crippen LogP contribution in [0.25, 0.3) is 0 Å². The molecule has 6 heteroatoms. The van der Waals surface area contributed by atoms with E-state index in [1.54, 1.807) is 0 Å². The van der Waals surface area contributed by atoms with Gasteiger partial charge in [-0.2, -0.15) is 0 Å². The predicted molar refractivity (Wildman–Crippen MR) is 51.2 cm³/mol. The van der Waals surface area contributed by atoms with Crippen LogP contribution in [0.15, 0.2) is 10.2 Å². The number of amidine groups is 2. The maximum Gasteiger partial charge on any atom is 0.272 e. The third-order valence-electron chi connectivity index (χ3n) is 2.06. The highest BCUT2D eigenvalue weighted by molar-refractivity contribution is 7.07. The zero-order valence-electron chi connectivity index (χ0n) is 7.70. The highest BCUT2D eigenvalue weighted by Crippen LogP contribution is 2.09. The molecule has 1 atom stereocenters. The third-order valence-corrected chi connectivity index (χ3v) is 2.90. The van der Waals surface area contributed by atoms with Crippen LogP contribution in [0.2, 0.25) is 0 Å².